The number of methoxy groups -OCH3 is 2. The van der Waals surface area contributed by atoms with Crippen LogP contribution in [0.25, 0.3) is 11.3 Å². The minimum atomic E-state index is -1.82. The molecule has 3 aromatic rings. The van der Waals surface area contributed by atoms with Crippen LogP contribution in [0, 0.1) is 0 Å². The standard InChI is InChI=1S/C21H25N3O3.C2H2O4/c1-5-27-17-9-6-15(7-10-17)19-14-23-21(24(19)2)22-13-16-8-11-18(25-3)12-20(16)26-4;3-1(4)2(5)6/h6-12,14H,5,13H2,1-4H3,(H,22,23);(H,3,4)(H,5,6). The van der Waals surface area contributed by atoms with Crippen molar-refractivity contribution in [1.82, 2.24) is 9.55 Å². The van der Waals surface area contributed by atoms with Gasteiger partial charge in [0.25, 0.3) is 0 Å². The van der Waals surface area contributed by atoms with Crippen molar-refractivity contribution in [3.63, 3.8) is 0 Å². The van der Waals surface area contributed by atoms with Crippen LogP contribution in [0.1, 0.15) is 12.5 Å². The van der Waals surface area contributed by atoms with Gasteiger partial charge in [-0.15, -0.1) is 0 Å². The summed E-state index contributed by atoms with van der Waals surface area (Å²) >= 11 is 0. The Morgan fingerprint density at radius 2 is 1.64 bits per heavy atom. The molecule has 0 aliphatic heterocycles. The van der Waals surface area contributed by atoms with Crippen molar-refractivity contribution in [3.8, 4) is 28.5 Å². The quantitative estimate of drug-likeness (QED) is 0.436. The van der Waals surface area contributed by atoms with E-state index in [9.17, 15) is 0 Å². The fourth-order valence-corrected chi connectivity index (χ4v) is 2.90. The molecule has 0 aliphatic rings. The summed E-state index contributed by atoms with van der Waals surface area (Å²) in [6.45, 7) is 3.24. The topological polar surface area (TPSA) is 132 Å². The number of nitrogens with zero attached hydrogens (tertiary/aromatic N) is 2. The van der Waals surface area contributed by atoms with Crippen LogP contribution in [-0.2, 0) is 23.2 Å². The predicted molar refractivity (Wildman–Crippen MR) is 122 cm³/mol. The van der Waals surface area contributed by atoms with E-state index < -0.39 is 11.9 Å². The van der Waals surface area contributed by atoms with Gasteiger partial charge in [0.2, 0.25) is 5.95 Å². The van der Waals surface area contributed by atoms with Crippen molar-refractivity contribution >= 4 is 17.9 Å². The van der Waals surface area contributed by atoms with Crippen molar-refractivity contribution in [2.75, 3.05) is 26.1 Å². The van der Waals surface area contributed by atoms with Crippen LogP contribution in [0.4, 0.5) is 5.95 Å². The molecule has 0 fully saturated rings. The fourth-order valence-electron chi connectivity index (χ4n) is 2.90. The van der Waals surface area contributed by atoms with Gasteiger partial charge in [-0.3, -0.25) is 0 Å². The zero-order valence-electron chi connectivity index (χ0n) is 18.9. The third kappa shape index (κ3) is 6.89. The third-order valence-electron chi connectivity index (χ3n) is 4.56. The molecule has 0 amide bonds. The lowest BCUT2D eigenvalue weighted by molar-refractivity contribution is -0.159. The molecule has 0 bridgehead atoms. The maximum absolute atomic E-state index is 9.10. The number of anilines is 1. The van der Waals surface area contributed by atoms with Crippen molar-refractivity contribution < 1.29 is 34.0 Å². The average Bonchev–Trinajstić information content (AvgIpc) is 3.18. The van der Waals surface area contributed by atoms with Gasteiger partial charge in [-0.1, -0.05) is 0 Å². The van der Waals surface area contributed by atoms with Crippen LogP contribution in [0.15, 0.2) is 48.7 Å². The van der Waals surface area contributed by atoms with E-state index in [4.69, 9.17) is 34.0 Å². The molecule has 33 heavy (non-hydrogen) atoms. The Labute approximate surface area is 191 Å². The van der Waals surface area contributed by atoms with Gasteiger partial charge in [0.15, 0.2) is 0 Å². The first kappa shape index (κ1) is 25.1. The molecule has 10 nitrogen and oxygen atoms in total. The van der Waals surface area contributed by atoms with Crippen molar-refractivity contribution in [1.29, 1.82) is 0 Å². The molecule has 0 aliphatic carbocycles. The fraction of sp³-hybridized carbons (Fsp3) is 0.261. The molecule has 3 N–H and O–H groups in total. The lowest BCUT2D eigenvalue weighted by Crippen LogP contribution is -2.09. The second kappa shape index (κ2) is 12.0. The minimum Gasteiger partial charge on any atom is -0.497 e. The number of imidazole rings is 1. The number of carboxylic acids is 2. The third-order valence-corrected chi connectivity index (χ3v) is 4.56. The predicted octanol–water partition coefficient (Wildman–Crippen LogP) is 3.27. The number of rotatable bonds is 8. The second-order valence-electron chi connectivity index (χ2n) is 6.63. The lowest BCUT2D eigenvalue weighted by Gasteiger charge is -2.12. The van der Waals surface area contributed by atoms with Crippen LogP contribution in [0.5, 0.6) is 17.2 Å². The van der Waals surface area contributed by atoms with Gasteiger partial charge in [0.05, 0.1) is 32.7 Å². The Hall–Kier alpha value is -4.21. The van der Waals surface area contributed by atoms with Crippen LogP contribution < -0.4 is 19.5 Å². The molecule has 3 rings (SSSR count). The molecule has 0 saturated heterocycles. The first-order chi connectivity index (χ1) is 15.8. The monoisotopic (exact) mass is 457 g/mol. The Kier molecular flexibility index (Phi) is 9.10. The average molecular weight is 457 g/mol. The first-order valence-electron chi connectivity index (χ1n) is 9.96. The Morgan fingerprint density at radius 1 is 1.00 bits per heavy atom. The molecule has 176 valence electrons. The lowest BCUT2D eigenvalue weighted by atomic mass is 10.1. The van der Waals surface area contributed by atoms with Gasteiger partial charge in [-0.05, 0) is 43.3 Å². The molecular formula is C23H27N3O7. The number of aromatic nitrogens is 2. The number of ether oxygens (including phenoxy) is 3. The highest BCUT2D eigenvalue weighted by atomic mass is 16.5. The maximum atomic E-state index is 9.10. The molecule has 1 heterocycles. The number of nitrogens with one attached hydrogen (secondary N) is 1. The molecule has 10 heteroatoms. The van der Waals surface area contributed by atoms with Gasteiger partial charge in [-0.2, -0.15) is 0 Å². The summed E-state index contributed by atoms with van der Waals surface area (Å²) in [5, 5.41) is 18.2. The van der Waals surface area contributed by atoms with Gasteiger partial charge < -0.3 is 34.3 Å². The zero-order valence-corrected chi connectivity index (χ0v) is 18.9. The highest BCUT2D eigenvalue weighted by molar-refractivity contribution is 6.27. The number of carbonyl (C=O) groups is 2. The number of benzene rings is 2. The summed E-state index contributed by atoms with van der Waals surface area (Å²) in [5.41, 5.74) is 3.15. The van der Waals surface area contributed by atoms with Crippen LogP contribution >= 0.6 is 0 Å². The summed E-state index contributed by atoms with van der Waals surface area (Å²) < 4.78 is 18.2. The van der Waals surface area contributed by atoms with Crippen molar-refractivity contribution in [2.45, 2.75) is 13.5 Å². The summed E-state index contributed by atoms with van der Waals surface area (Å²) in [6, 6.07) is 13.8. The summed E-state index contributed by atoms with van der Waals surface area (Å²) in [4.78, 5) is 22.7. The first-order valence-corrected chi connectivity index (χ1v) is 9.96. The van der Waals surface area contributed by atoms with E-state index in [0.717, 1.165) is 40.0 Å². The van der Waals surface area contributed by atoms with Crippen LogP contribution in [-0.4, -0.2) is 52.5 Å². The van der Waals surface area contributed by atoms with Gasteiger partial charge in [0, 0.05) is 30.8 Å². The molecule has 2 aromatic carbocycles. The Bertz CT molecular complexity index is 1070. The normalized spacial score (nSPS) is 9.94. The Balaban J connectivity index is 0.000000569. The number of carboxylic acid groups (broad SMARTS) is 2. The maximum Gasteiger partial charge on any atom is 0.414 e. The van der Waals surface area contributed by atoms with Gasteiger partial charge >= 0.3 is 11.9 Å². The van der Waals surface area contributed by atoms with Gasteiger partial charge in [-0.25, -0.2) is 14.6 Å². The zero-order chi connectivity index (χ0) is 24.4. The van der Waals surface area contributed by atoms with Crippen LogP contribution in [0.2, 0.25) is 0 Å². The number of aliphatic carboxylic acids is 2. The van der Waals surface area contributed by atoms with E-state index in [1.807, 2.05) is 67.2 Å². The van der Waals surface area contributed by atoms with Crippen LogP contribution in [0.3, 0.4) is 0 Å². The van der Waals surface area contributed by atoms with Crippen molar-refractivity contribution in [2.24, 2.45) is 7.05 Å². The molecule has 1 aromatic heterocycles. The smallest absolute Gasteiger partial charge is 0.414 e. The minimum absolute atomic E-state index is 0.598. The molecular weight excluding hydrogens is 430 g/mol. The van der Waals surface area contributed by atoms with Gasteiger partial charge in [0.1, 0.15) is 17.2 Å². The van der Waals surface area contributed by atoms with E-state index in [-0.39, 0.29) is 0 Å². The van der Waals surface area contributed by atoms with E-state index in [1.54, 1.807) is 14.2 Å². The van der Waals surface area contributed by atoms with E-state index >= 15 is 0 Å². The van der Waals surface area contributed by atoms with Crippen molar-refractivity contribution in [3.05, 3.63) is 54.2 Å². The largest absolute Gasteiger partial charge is 0.497 e. The van der Waals surface area contributed by atoms with E-state index in [0.29, 0.717) is 13.2 Å². The molecule has 0 spiro atoms. The second-order valence-corrected chi connectivity index (χ2v) is 6.63. The molecule has 0 atom stereocenters. The number of hydrogen-bond donors (Lipinski definition) is 3. The molecule has 0 saturated carbocycles. The van der Waals surface area contributed by atoms with E-state index in [2.05, 4.69) is 10.3 Å². The number of hydrogen-bond acceptors (Lipinski definition) is 7. The summed E-state index contributed by atoms with van der Waals surface area (Å²) in [7, 11) is 5.29. The highest BCUT2D eigenvalue weighted by Gasteiger charge is 2.10. The summed E-state index contributed by atoms with van der Waals surface area (Å²) in [5.74, 6) is -0.441. The highest BCUT2D eigenvalue weighted by Crippen LogP contribution is 2.27. The molecule has 0 unspecified atom stereocenters. The Morgan fingerprint density at radius 3 is 2.18 bits per heavy atom. The van der Waals surface area contributed by atoms with E-state index in [1.165, 1.54) is 0 Å². The SMILES string of the molecule is CCOc1ccc(-c2cnc(NCc3ccc(OC)cc3OC)n2C)cc1.O=C(O)C(=O)O. The molecule has 0 radical (unpaired) electrons. The summed E-state index contributed by atoms with van der Waals surface area (Å²) in [6.07, 6.45) is 1.86.